The van der Waals surface area contributed by atoms with Gasteiger partial charge in [0.05, 0.1) is 5.69 Å². The first-order chi connectivity index (χ1) is 9.69. The maximum Gasteiger partial charge on any atom is 0.0670 e. The van der Waals surface area contributed by atoms with Gasteiger partial charge in [-0.05, 0) is 25.2 Å². The highest BCUT2D eigenvalue weighted by molar-refractivity contribution is 5.22. The Hall–Kier alpha value is -0.910. The Bertz CT molecular complexity index is 418. The van der Waals surface area contributed by atoms with Crippen molar-refractivity contribution in [2.45, 2.75) is 51.1 Å². The van der Waals surface area contributed by atoms with Crippen LogP contribution in [-0.4, -0.2) is 34.1 Å². The fourth-order valence-electron chi connectivity index (χ4n) is 3.31. The number of aromatic nitrogens is 2. The second-order valence-corrected chi connectivity index (χ2v) is 5.85. The predicted molar refractivity (Wildman–Crippen MR) is 80.3 cm³/mol. The van der Waals surface area contributed by atoms with E-state index in [4.69, 9.17) is 5.73 Å². The molecule has 3 atom stereocenters. The molecule has 0 aliphatic heterocycles. The van der Waals surface area contributed by atoms with Crippen molar-refractivity contribution in [3.63, 3.8) is 0 Å². The van der Waals surface area contributed by atoms with E-state index in [2.05, 4.69) is 23.5 Å². The minimum atomic E-state index is 0.135. The first-order valence-corrected chi connectivity index (χ1v) is 7.79. The van der Waals surface area contributed by atoms with Gasteiger partial charge < -0.3 is 16.2 Å². The quantitative estimate of drug-likeness (QED) is 0.730. The summed E-state index contributed by atoms with van der Waals surface area (Å²) in [5.41, 5.74) is 8.31. The molecule has 3 unspecified atom stereocenters. The summed E-state index contributed by atoms with van der Waals surface area (Å²) < 4.78 is 1.86. The van der Waals surface area contributed by atoms with E-state index in [1.165, 1.54) is 18.4 Å². The minimum Gasteiger partial charge on any atom is -0.396 e. The van der Waals surface area contributed by atoms with Gasteiger partial charge in [-0.3, -0.25) is 4.68 Å². The van der Waals surface area contributed by atoms with E-state index in [1.54, 1.807) is 0 Å². The number of hydrogen-bond acceptors (Lipinski definition) is 4. The fraction of sp³-hybridized carbons (Fsp3) is 0.800. The highest BCUT2D eigenvalue weighted by Crippen LogP contribution is 2.27. The van der Waals surface area contributed by atoms with E-state index in [0.717, 1.165) is 25.0 Å². The topological polar surface area (TPSA) is 76.1 Å². The molecule has 0 aromatic carbocycles. The number of nitrogens with one attached hydrogen (secondary N) is 1. The molecule has 5 nitrogen and oxygen atoms in total. The summed E-state index contributed by atoms with van der Waals surface area (Å²) in [7, 11) is 1.95. The highest BCUT2D eigenvalue weighted by atomic mass is 16.3. The average Bonchev–Trinajstić information content (AvgIpc) is 2.86. The van der Waals surface area contributed by atoms with Gasteiger partial charge in [-0.1, -0.05) is 19.8 Å². The molecule has 1 aliphatic carbocycles. The van der Waals surface area contributed by atoms with Crippen LogP contribution in [0.25, 0.3) is 0 Å². The minimum absolute atomic E-state index is 0.135. The van der Waals surface area contributed by atoms with Gasteiger partial charge in [0.25, 0.3) is 0 Å². The van der Waals surface area contributed by atoms with Crippen molar-refractivity contribution in [1.29, 1.82) is 0 Å². The molecule has 1 saturated carbocycles. The summed E-state index contributed by atoms with van der Waals surface area (Å²) in [6, 6.07) is 0.503. The molecule has 1 fully saturated rings. The van der Waals surface area contributed by atoms with Gasteiger partial charge in [0.2, 0.25) is 0 Å². The van der Waals surface area contributed by atoms with Crippen LogP contribution in [-0.2, 0) is 13.5 Å². The first-order valence-electron chi connectivity index (χ1n) is 7.79. The van der Waals surface area contributed by atoms with E-state index >= 15 is 0 Å². The molecule has 2 rings (SSSR count). The van der Waals surface area contributed by atoms with Gasteiger partial charge in [-0.2, -0.15) is 5.10 Å². The lowest BCUT2D eigenvalue weighted by Crippen LogP contribution is -2.44. The number of aliphatic hydroxyl groups excluding tert-OH is 1. The van der Waals surface area contributed by atoms with Crippen LogP contribution in [0.2, 0.25) is 0 Å². The highest BCUT2D eigenvalue weighted by Gasteiger charge is 2.27. The van der Waals surface area contributed by atoms with Crippen LogP contribution >= 0.6 is 0 Å². The van der Waals surface area contributed by atoms with Crippen molar-refractivity contribution in [1.82, 2.24) is 15.1 Å². The molecule has 5 heteroatoms. The largest absolute Gasteiger partial charge is 0.396 e. The normalized spacial score (nSPS) is 24.8. The molecule has 114 valence electrons. The number of rotatable bonds is 6. The van der Waals surface area contributed by atoms with Crippen LogP contribution in [0.15, 0.2) is 6.20 Å². The molecule has 4 N–H and O–H groups in total. The summed E-state index contributed by atoms with van der Waals surface area (Å²) in [5.74, 6) is 0.361. The van der Waals surface area contributed by atoms with Crippen molar-refractivity contribution >= 4 is 0 Å². The molecule has 1 aliphatic rings. The van der Waals surface area contributed by atoms with Gasteiger partial charge in [-0.15, -0.1) is 0 Å². The number of aliphatic hydroxyl groups is 1. The number of nitrogens with zero attached hydrogens (tertiary/aromatic N) is 2. The van der Waals surface area contributed by atoms with Crippen LogP contribution in [0.4, 0.5) is 0 Å². The lowest BCUT2D eigenvalue weighted by Gasteiger charge is -2.34. The maximum absolute atomic E-state index is 9.53. The second-order valence-electron chi connectivity index (χ2n) is 5.85. The molecule has 1 aromatic rings. The Kier molecular flexibility index (Phi) is 5.57. The smallest absolute Gasteiger partial charge is 0.0670 e. The molecule has 0 amide bonds. The molecule has 0 spiro atoms. The van der Waals surface area contributed by atoms with Crippen LogP contribution < -0.4 is 11.1 Å². The summed E-state index contributed by atoms with van der Waals surface area (Å²) in [5, 5.41) is 17.7. The monoisotopic (exact) mass is 280 g/mol. The molecule has 0 bridgehead atoms. The third-order valence-electron chi connectivity index (χ3n) is 4.44. The van der Waals surface area contributed by atoms with Gasteiger partial charge in [0, 0.05) is 44.0 Å². The molecular formula is C15H28N4O. The fourth-order valence-corrected chi connectivity index (χ4v) is 3.31. The zero-order chi connectivity index (χ0) is 14.5. The number of nitrogens with two attached hydrogens (primary N) is 1. The van der Waals surface area contributed by atoms with E-state index in [9.17, 15) is 5.11 Å². The van der Waals surface area contributed by atoms with Crippen LogP contribution in [0, 0.1) is 5.92 Å². The Morgan fingerprint density at radius 1 is 1.50 bits per heavy atom. The summed E-state index contributed by atoms with van der Waals surface area (Å²) in [4.78, 5) is 0. The van der Waals surface area contributed by atoms with Gasteiger partial charge in [-0.25, -0.2) is 0 Å². The molecule has 20 heavy (non-hydrogen) atoms. The Balaban J connectivity index is 2.11. The molecule has 1 heterocycles. The van der Waals surface area contributed by atoms with Gasteiger partial charge in [0.15, 0.2) is 0 Å². The molecule has 0 saturated heterocycles. The molecule has 0 radical (unpaired) electrons. The standard InChI is InChI=1S/C15H28N4O/c1-3-13-12(9-19(2)18-13)15(8-16)17-14-7-5-4-6-11(14)10-20/h9,11,14-15,17,20H,3-8,10,16H2,1-2H3. The first kappa shape index (κ1) is 15.5. The van der Waals surface area contributed by atoms with Gasteiger partial charge in [0.1, 0.15) is 0 Å². The third kappa shape index (κ3) is 3.40. The van der Waals surface area contributed by atoms with E-state index in [-0.39, 0.29) is 12.6 Å². The number of aryl methyl sites for hydroxylation is 2. The zero-order valence-corrected chi connectivity index (χ0v) is 12.7. The molecule has 1 aromatic heterocycles. The average molecular weight is 280 g/mol. The predicted octanol–water partition coefficient (Wildman–Crippen LogP) is 1.12. The second kappa shape index (κ2) is 7.20. The van der Waals surface area contributed by atoms with Crippen LogP contribution in [0.1, 0.15) is 49.9 Å². The van der Waals surface area contributed by atoms with Crippen molar-refractivity contribution in [3.05, 3.63) is 17.5 Å². The zero-order valence-electron chi connectivity index (χ0n) is 12.7. The van der Waals surface area contributed by atoms with Crippen molar-refractivity contribution < 1.29 is 5.11 Å². The number of hydrogen-bond donors (Lipinski definition) is 3. The molecular weight excluding hydrogens is 252 g/mol. The maximum atomic E-state index is 9.53. The third-order valence-corrected chi connectivity index (χ3v) is 4.44. The lowest BCUT2D eigenvalue weighted by atomic mass is 9.84. The van der Waals surface area contributed by atoms with Crippen LogP contribution in [0.3, 0.4) is 0 Å². The van der Waals surface area contributed by atoms with E-state index in [1.807, 2.05) is 11.7 Å². The lowest BCUT2D eigenvalue weighted by molar-refractivity contribution is 0.146. The Morgan fingerprint density at radius 3 is 2.90 bits per heavy atom. The van der Waals surface area contributed by atoms with Gasteiger partial charge >= 0.3 is 0 Å². The summed E-state index contributed by atoms with van der Waals surface area (Å²) >= 11 is 0. The van der Waals surface area contributed by atoms with E-state index < -0.39 is 0 Å². The summed E-state index contributed by atoms with van der Waals surface area (Å²) in [6.45, 7) is 2.95. The van der Waals surface area contributed by atoms with E-state index in [0.29, 0.717) is 18.5 Å². The van der Waals surface area contributed by atoms with Crippen molar-refractivity contribution in [2.24, 2.45) is 18.7 Å². The SMILES string of the molecule is CCc1nn(C)cc1C(CN)NC1CCCCC1CO. The summed E-state index contributed by atoms with van der Waals surface area (Å²) in [6.07, 6.45) is 7.69. The van der Waals surface area contributed by atoms with Crippen molar-refractivity contribution in [2.75, 3.05) is 13.2 Å². The van der Waals surface area contributed by atoms with Crippen LogP contribution in [0.5, 0.6) is 0 Å². The Morgan fingerprint density at radius 2 is 2.25 bits per heavy atom. The Labute approximate surface area is 121 Å². The van der Waals surface area contributed by atoms with Crippen molar-refractivity contribution in [3.8, 4) is 0 Å².